The molecular weight excluding hydrogens is 590 g/mol. The predicted octanol–water partition coefficient (Wildman–Crippen LogP) is 6.52. The Balaban J connectivity index is 1.92. The lowest BCUT2D eigenvalue weighted by Gasteiger charge is -2.37. The van der Waals surface area contributed by atoms with Crippen LogP contribution in [-0.4, -0.2) is 68.1 Å². The fraction of sp³-hybridized carbons (Fsp3) is 0.639. The van der Waals surface area contributed by atoms with E-state index in [4.69, 9.17) is 9.47 Å². The summed E-state index contributed by atoms with van der Waals surface area (Å²) in [7, 11) is 6.70. The number of rotatable bonds is 8. The molecule has 0 radical (unpaired) electrons. The van der Waals surface area contributed by atoms with Crippen LogP contribution in [0.5, 0.6) is 5.75 Å². The van der Waals surface area contributed by atoms with E-state index >= 15 is 0 Å². The van der Waals surface area contributed by atoms with E-state index in [-0.39, 0.29) is 18.3 Å². The third-order valence-electron chi connectivity index (χ3n) is 9.59. The quantitative estimate of drug-likeness (QED) is 0.328. The van der Waals surface area contributed by atoms with Gasteiger partial charge in [0.25, 0.3) is 0 Å². The van der Waals surface area contributed by atoms with Gasteiger partial charge in [-0.2, -0.15) is 0 Å². The molecule has 254 valence electrons. The Hall–Kier alpha value is -3.27. The minimum atomic E-state index is -2.94. The normalized spacial score (nSPS) is 24.9. The van der Waals surface area contributed by atoms with Crippen LogP contribution in [0.25, 0.3) is 0 Å². The summed E-state index contributed by atoms with van der Waals surface area (Å²) in [5.41, 5.74) is 2.22. The first kappa shape index (κ1) is 35.6. The number of anilines is 1. The molecule has 1 aliphatic carbocycles. The third-order valence-corrected chi connectivity index (χ3v) is 9.59. The maximum absolute atomic E-state index is 14.7. The van der Waals surface area contributed by atoms with Crippen molar-refractivity contribution >= 4 is 17.7 Å². The summed E-state index contributed by atoms with van der Waals surface area (Å²) in [6, 6.07) is 7.71. The summed E-state index contributed by atoms with van der Waals surface area (Å²) >= 11 is 0. The number of likely N-dealkylation sites (tertiary alicyclic amines) is 1. The third kappa shape index (κ3) is 7.32. The molecule has 0 unspecified atom stereocenters. The monoisotopic (exact) mass is 642 g/mol. The van der Waals surface area contributed by atoms with Crippen LogP contribution in [0.4, 0.5) is 14.6 Å². The number of carbonyl (C=O) groups is 2. The van der Waals surface area contributed by atoms with E-state index in [1.165, 1.54) is 7.11 Å². The lowest BCUT2D eigenvalue weighted by Crippen LogP contribution is -2.50. The van der Waals surface area contributed by atoms with E-state index < -0.39 is 59.6 Å². The Kier molecular flexibility index (Phi) is 10.4. The molecule has 1 amide bonds. The number of hydrogen-bond donors (Lipinski definition) is 1. The van der Waals surface area contributed by atoms with Crippen molar-refractivity contribution in [3.63, 3.8) is 0 Å². The van der Waals surface area contributed by atoms with Crippen LogP contribution in [0.2, 0.25) is 0 Å². The van der Waals surface area contributed by atoms with Gasteiger partial charge < -0.3 is 24.6 Å². The molecule has 2 heterocycles. The smallest absolute Gasteiger partial charge is 0.328 e. The zero-order chi connectivity index (χ0) is 34.2. The predicted molar refractivity (Wildman–Crippen MR) is 176 cm³/mol. The van der Waals surface area contributed by atoms with E-state index in [2.05, 4.69) is 43.2 Å². The fourth-order valence-electron chi connectivity index (χ4n) is 7.38. The van der Waals surface area contributed by atoms with Crippen LogP contribution in [0.3, 0.4) is 0 Å². The molecule has 2 fully saturated rings. The minimum Gasteiger partial charge on any atom is -0.496 e. The van der Waals surface area contributed by atoms with Crippen LogP contribution < -0.4 is 15.0 Å². The Labute approximate surface area is 273 Å². The van der Waals surface area contributed by atoms with Gasteiger partial charge in [-0.05, 0) is 41.4 Å². The average molecular weight is 643 g/mol. The lowest BCUT2D eigenvalue weighted by atomic mass is 9.72. The number of aromatic nitrogens is 1. The molecular formula is C36H52F2N4O4. The maximum atomic E-state index is 14.7. The number of methoxy groups -OCH3 is 2. The van der Waals surface area contributed by atoms with Gasteiger partial charge in [-0.15, -0.1) is 0 Å². The largest absolute Gasteiger partial charge is 0.496 e. The molecule has 8 nitrogen and oxygen atoms in total. The maximum Gasteiger partial charge on any atom is 0.328 e. The van der Waals surface area contributed by atoms with Crippen molar-refractivity contribution < 1.29 is 27.8 Å². The number of benzene rings is 1. The van der Waals surface area contributed by atoms with E-state index in [1.54, 1.807) is 18.2 Å². The number of halogens is 2. The average Bonchev–Trinajstić information content (AvgIpc) is 3.33. The topological polar surface area (TPSA) is 84.0 Å². The summed E-state index contributed by atoms with van der Waals surface area (Å²) in [5.74, 6) is -3.94. The van der Waals surface area contributed by atoms with Gasteiger partial charge in [0.15, 0.2) is 0 Å². The molecule has 46 heavy (non-hydrogen) atoms. The molecule has 1 saturated heterocycles. The zero-order valence-electron chi connectivity index (χ0n) is 29.1. The van der Waals surface area contributed by atoms with Gasteiger partial charge >= 0.3 is 5.97 Å². The van der Waals surface area contributed by atoms with E-state index in [9.17, 15) is 18.4 Å². The summed E-state index contributed by atoms with van der Waals surface area (Å²) in [6.07, 6.45) is 1.50. The van der Waals surface area contributed by atoms with Crippen molar-refractivity contribution in [3.05, 3.63) is 53.2 Å². The highest BCUT2D eigenvalue weighted by atomic mass is 19.3. The van der Waals surface area contributed by atoms with Gasteiger partial charge in [-0.25, -0.2) is 18.6 Å². The van der Waals surface area contributed by atoms with Crippen molar-refractivity contribution in [1.29, 1.82) is 0 Å². The van der Waals surface area contributed by atoms with Gasteiger partial charge in [0.2, 0.25) is 11.8 Å². The fourth-order valence-corrected chi connectivity index (χ4v) is 7.38. The molecule has 0 spiro atoms. The van der Waals surface area contributed by atoms with Gasteiger partial charge in [0.1, 0.15) is 17.6 Å². The number of alkyl halides is 2. The molecule has 4 rings (SSSR count). The van der Waals surface area contributed by atoms with Gasteiger partial charge in [-0.3, -0.25) is 4.79 Å². The number of ether oxygens (including phenoxy) is 2. The highest BCUT2D eigenvalue weighted by molar-refractivity contribution is 5.88. The van der Waals surface area contributed by atoms with E-state index in [0.717, 1.165) is 22.4 Å². The number of hydrogen-bond acceptors (Lipinski definition) is 7. The molecule has 1 aliphatic heterocycles. The van der Waals surface area contributed by atoms with Crippen LogP contribution in [-0.2, 0) is 26.3 Å². The first-order chi connectivity index (χ1) is 21.4. The van der Waals surface area contributed by atoms with Crippen LogP contribution >= 0.6 is 0 Å². The number of amides is 1. The summed E-state index contributed by atoms with van der Waals surface area (Å²) in [5, 5.41) is 3.76. The second-order valence-corrected chi connectivity index (χ2v) is 15.2. The summed E-state index contributed by atoms with van der Waals surface area (Å²) in [6.45, 7) is 13.0. The molecule has 1 aromatic heterocycles. The van der Waals surface area contributed by atoms with Crippen LogP contribution in [0.1, 0.15) is 90.0 Å². The molecule has 1 N–H and O–H groups in total. The number of esters is 1. The second kappa shape index (κ2) is 13.5. The van der Waals surface area contributed by atoms with Gasteiger partial charge in [-0.1, -0.05) is 59.7 Å². The van der Waals surface area contributed by atoms with Crippen molar-refractivity contribution in [2.45, 2.75) is 103 Å². The SMILES string of the molecule is COC(=O)[C@@H]1[C@@H](C(C)(C)C)[C@H](NCc2cc(C(C)(C)C)ccc2OC)[C@H](c2cccnc2N(C)C)N1C(=O)[C@H]1CCCC(F)(F)C1. The van der Waals surface area contributed by atoms with Crippen molar-refractivity contribution in [2.24, 2.45) is 17.3 Å². The Morgan fingerprint density at radius 1 is 1.11 bits per heavy atom. The Morgan fingerprint density at radius 3 is 2.37 bits per heavy atom. The van der Waals surface area contributed by atoms with E-state index in [1.807, 2.05) is 58.0 Å². The van der Waals surface area contributed by atoms with Crippen molar-refractivity contribution in [1.82, 2.24) is 15.2 Å². The Bertz CT molecular complexity index is 1400. The van der Waals surface area contributed by atoms with Crippen LogP contribution in [0.15, 0.2) is 36.5 Å². The summed E-state index contributed by atoms with van der Waals surface area (Å²) < 4.78 is 40.6. The number of nitrogens with zero attached hydrogens (tertiary/aromatic N) is 3. The number of nitrogens with one attached hydrogen (secondary N) is 1. The molecule has 0 bridgehead atoms. The highest BCUT2D eigenvalue weighted by Crippen LogP contribution is 2.51. The van der Waals surface area contributed by atoms with Gasteiger partial charge in [0.05, 0.1) is 20.3 Å². The lowest BCUT2D eigenvalue weighted by molar-refractivity contribution is -0.159. The van der Waals surface area contributed by atoms with Crippen molar-refractivity contribution in [2.75, 3.05) is 33.2 Å². The standard InChI is InChI=1S/C36H52F2N4O4/c1-34(2,3)24-15-16-26(45-9)23(19-24)21-40-28-27(35(4,5)6)30(33(44)46-10)42(32(43)22-13-11-17-36(37,38)20-22)29(28)25-14-12-18-39-31(25)41(7)8/h12,14-16,18-19,22,27-30,40H,11,13,17,20-21H2,1-10H3/t22-,27-,28-,29-,30-/m0/s1. The molecule has 10 heteroatoms. The van der Waals surface area contributed by atoms with Gasteiger partial charge in [0, 0.05) is 68.7 Å². The molecule has 5 atom stereocenters. The van der Waals surface area contributed by atoms with Crippen LogP contribution in [0, 0.1) is 17.3 Å². The van der Waals surface area contributed by atoms with E-state index in [0.29, 0.717) is 18.8 Å². The molecule has 2 aliphatic rings. The number of carbonyl (C=O) groups excluding carboxylic acids is 2. The minimum absolute atomic E-state index is 0.0948. The number of pyridine rings is 1. The second-order valence-electron chi connectivity index (χ2n) is 15.2. The molecule has 1 aromatic carbocycles. The summed E-state index contributed by atoms with van der Waals surface area (Å²) in [4.78, 5) is 36.6. The molecule has 2 aromatic rings. The zero-order valence-corrected chi connectivity index (χ0v) is 29.1. The highest BCUT2D eigenvalue weighted by Gasteiger charge is 2.60. The molecule has 1 saturated carbocycles. The first-order valence-corrected chi connectivity index (χ1v) is 16.2. The van der Waals surface area contributed by atoms with Crippen molar-refractivity contribution in [3.8, 4) is 5.75 Å². The first-order valence-electron chi connectivity index (χ1n) is 16.2. The Morgan fingerprint density at radius 2 is 1.80 bits per heavy atom.